The predicted octanol–water partition coefficient (Wildman–Crippen LogP) is 3.69. The number of nitrogens with two attached hydrogens (primary N) is 1. The van der Waals surface area contributed by atoms with Crippen LogP contribution in [0.2, 0.25) is 0 Å². The molecule has 0 aliphatic rings. The third-order valence-corrected chi connectivity index (χ3v) is 5.27. The van der Waals surface area contributed by atoms with Gasteiger partial charge in [-0.1, -0.05) is 22.0 Å². The number of nitrogens with zero attached hydrogens (tertiary/aromatic N) is 1. The van der Waals surface area contributed by atoms with Crippen LogP contribution in [0.5, 0.6) is 5.75 Å². The standard InChI is InChI=1S/C16H21BrN2OS/c1-19(8-7-13-4-3-9-21-13)16(11-18)14-10-12(20-2)5-6-15(14)17/h3-6,9-10,16H,7-8,11,18H2,1-2H3. The van der Waals surface area contributed by atoms with Crippen LogP contribution in [0.15, 0.2) is 40.2 Å². The lowest BCUT2D eigenvalue weighted by molar-refractivity contribution is 0.252. The van der Waals surface area contributed by atoms with Gasteiger partial charge in [-0.25, -0.2) is 0 Å². The van der Waals surface area contributed by atoms with Crippen LogP contribution in [0, 0.1) is 0 Å². The molecule has 1 atom stereocenters. The molecule has 1 heterocycles. The van der Waals surface area contributed by atoms with Gasteiger partial charge in [-0.2, -0.15) is 0 Å². The number of benzene rings is 1. The highest BCUT2D eigenvalue weighted by atomic mass is 79.9. The molecule has 1 aromatic carbocycles. The van der Waals surface area contributed by atoms with Crippen LogP contribution in [0.4, 0.5) is 0 Å². The number of hydrogen-bond donors (Lipinski definition) is 1. The quantitative estimate of drug-likeness (QED) is 0.809. The Labute approximate surface area is 138 Å². The first-order chi connectivity index (χ1) is 10.2. The minimum atomic E-state index is 0.175. The van der Waals surface area contributed by atoms with Crippen LogP contribution >= 0.6 is 27.3 Å². The molecule has 0 aliphatic heterocycles. The molecule has 0 saturated carbocycles. The van der Waals surface area contributed by atoms with E-state index in [1.165, 1.54) is 10.4 Å². The Morgan fingerprint density at radius 2 is 2.19 bits per heavy atom. The highest BCUT2D eigenvalue weighted by molar-refractivity contribution is 9.10. The zero-order valence-electron chi connectivity index (χ0n) is 12.4. The van der Waals surface area contributed by atoms with E-state index in [4.69, 9.17) is 10.5 Å². The van der Waals surface area contributed by atoms with E-state index < -0.39 is 0 Å². The van der Waals surface area contributed by atoms with E-state index in [1.54, 1.807) is 18.4 Å². The van der Waals surface area contributed by atoms with Crippen molar-refractivity contribution in [1.82, 2.24) is 4.90 Å². The summed E-state index contributed by atoms with van der Waals surface area (Å²) < 4.78 is 6.40. The Morgan fingerprint density at radius 1 is 1.38 bits per heavy atom. The first-order valence-electron chi connectivity index (χ1n) is 6.91. The van der Waals surface area contributed by atoms with Gasteiger partial charge in [0, 0.05) is 28.5 Å². The summed E-state index contributed by atoms with van der Waals surface area (Å²) in [6, 6.07) is 10.5. The number of methoxy groups -OCH3 is 1. The molecule has 0 saturated heterocycles. The van der Waals surface area contributed by atoms with E-state index in [-0.39, 0.29) is 6.04 Å². The van der Waals surface area contributed by atoms with Crippen LogP contribution in [0.3, 0.4) is 0 Å². The summed E-state index contributed by atoms with van der Waals surface area (Å²) in [4.78, 5) is 3.71. The molecular formula is C16H21BrN2OS. The molecule has 2 N–H and O–H groups in total. The SMILES string of the molecule is COc1ccc(Br)c(C(CN)N(C)CCc2cccs2)c1. The molecule has 0 radical (unpaired) electrons. The molecule has 1 aromatic heterocycles. The molecule has 5 heteroatoms. The number of thiophene rings is 1. The molecule has 0 fully saturated rings. The van der Waals surface area contributed by atoms with Crippen LogP contribution in [-0.4, -0.2) is 32.1 Å². The first-order valence-corrected chi connectivity index (χ1v) is 8.59. The maximum absolute atomic E-state index is 6.01. The average molecular weight is 369 g/mol. The third kappa shape index (κ3) is 4.30. The molecule has 21 heavy (non-hydrogen) atoms. The van der Waals surface area contributed by atoms with E-state index in [9.17, 15) is 0 Å². The number of ether oxygens (including phenoxy) is 1. The van der Waals surface area contributed by atoms with Crippen molar-refractivity contribution in [3.8, 4) is 5.75 Å². The highest BCUT2D eigenvalue weighted by Gasteiger charge is 2.18. The second kappa shape index (κ2) is 7.94. The topological polar surface area (TPSA) is 38.5 Å². The monoisotopic (exact) mass is 368 g/mol. The van der Waals surface area contributed by atoms with Crippen LogP contribution in [0.1, 0.15) is 16.5 Å². The molecule has 2 rings (SSSR count). The minimum Gasteiger partial charge on any atom is -0.497 e. The second-order valence-electron chi connectivity index (χ2n) is 4.95. The number of rotatable bonds is 7. The molecular weight excluding hydrogens is 348 g/mol. The molecule has 0 spiro atoms. The lowest BCUT2D eigenvalue weighted by Crippen LogP contribution is -2.32. The number of halogens is 1. The van der Waals surface area contributed by atoms with Gasteiger partial charge in [0.1, 0.15) is 5.75 Å². The maximum atomic E-state index is 6.01. The van der Waals surface area contributed by atoms with Crippen LogP contribution < -0.4 is 10.5 Å². The first kappa shape index (κ1) is 16.5. The largest absolute Gasteiger partial charge is 0.497 e. The van der Waals surface area contributed by atoms with Gasteiger partial charge < -0.3 is 10.5 Å². The predicted molar refractivity (Wildman–Crippen MR) is 93.1 cm³/mol. The van der Waals surface area contributed by atoms with Crippen molar-refractivity contribution in [2.24, 2.45) is 5.73 Å². The lowest BCUT2D eigenvalue weighted by atomic mass is 10.0. The molecule has 3 nitrogen and oxygen atoms in total. The summed E-state index contributed by atoms with van der Waals surface area (Å²) in [5.74, 6) is 0.860. The van der Waals surface area contributed by atoms with Crippen molar-refractivity contribution < 1.29 is 4.74 Å². The van der Waals surface area contributed by atoms with Crippen molar-refractivity contribution in [1.29, 1.82) is 0 Å². The highest BCUT2D eigenvalue weighted by Crippen LogP contribution is 2.30. The number of hydrogen-bond acceptors (Lipinski definition) is 4. The molecule has 0 aliphatic carbocycles. The van der Waals surface area contributed by atoms with Gasteiger partial charge in [-0.3, -0.25) is 4.90 Å². The fraction of sp³-hybridized carbons (Fsp3) is 0.375. The lowest BCUT2D eigenvalue weighted by Gasteiger charge is -2.28. The van der Waals surface area contributed by atoms with Gasteiger partial charge in [0.15, 0.2) is 0 Å². The van der Waals surface area contributed by atoms with Crippen LogP contribution in [0.25, 0.3) is 0 Å². The van der Waals surface area contributed by atoms with Gasteiger partial charge in [-0.05, 0) is 48.7 Å². The van der Waals surface area contributed by atoms with Crippen molar-refractivity contribution >= 4 is 27.3 Å². The Hall–Kier alpha value is -0.880. The zero-order valence-corrected chi connectivity index (χ0v) is 14.8. The summed E-state index contributed by atoms with van der Waals surface area (Å²) in [6.45, 7) is 1.55. The summed E-state index contributed by atoms with van der Waals surface area (Å²) >= 11 is 5.43. The van der Waals surface area contributed by atoms with Gasteiger partial charge in [-0.15, -0.1) is 11.3 Å². The molecule has 2 aromatic rings. The van der Waals surface area contributed by atoms with E-state index in [0.29, 0.717) is 6.54 Å². The van der Waals surface area contributed by atoms with Gasteiger partial charge in [0.05, 0.1) is 7.11 Å². The Kier molecular flexibility index (Phi) is 6.23. The Morgan fingerprint density at radius 3 is 2.81 bits per heavy atom. The second-order valence-corrected chi connectivity index (χ2v) is 6.84. The van der Waals surface area contributed by atoms with Gasteiger partial charge >= 0.3 is 0 Å². The maximum Gasteiger partial charge on any atom is 0.119 e. The van der Waals surface area contributed by atoms with Crippen molar-refractivity contribution in [3.63, 3.8) is 0 Å². The molecule has 1 unspecified atom stereocenters. The smallest absolute Gasteiger partial charge is 0.119 e. The van der Waals surface area contributed by atoms with Gasteiger partial charge in [0.2, 0.25) is 0 Å². The van der Waals surface area contributed by atoms with Crippen LogP contribution in [-0.2, 0) is 6.42 Å². The molecule has 114 valence electrons. The zero-order chi connectivity index (χ0) is 15.2. The average Bonchev–Trinajstić information content (AvgIpc) is 3.01. The van der Waals surface area contributed by atoms with Gasteiger partial charge in [0.25, 0.3) is 0 Å². The Bertz CT molecular complexity index is 559. The summed E-state index contributed by atoms with van der Waals surface area (Å²) in [7, 11) is 3.81. The fourth-order valence-corrected chi connectivity index (χ4v) is 3.55. The van der Waals surface area contributed by atoms with E-state index in [0.717, 1.165) is 23.2 Å². The Balaban J connectivity index is 2.10. The number of likely N-dealkylation sites (N-methyl/N-ethyl adjacent to an activating group) is 1. The molecule has 0 bridgehead atoms. The summed E-state index contributed by atoms with van der Waals surface area (Å²) in [5.41, 5.74) is 7.19. The normalized spacial score (nSPS) is 12.6. The van der Waals surface area contributed by atoms with Crippen molar-refractivity contribution in [2.75, 3.05) is 27.2 Å². The van der Waals surface area contributed by atoms with Crippen molar-refractivity contribution in [3.05, 3.63) is 50.6 Å². The van der Waals surface area contributed by atoms with E-state index in [2.05, 4.69) is 51.5 Å². The summed E-state index contributed by atoms with van der Waals surface area (Å²) in [6.07, 6.45) is 1.05. The summed E-state index contributed by atoms with van der Waals surface area (Å²) in [5, 5.41) is 2.12. The fourth-order valence-electron chi connectivity index (χ4n) is 2.35. The minimum absolute atomic E-state index is 0.175. The van der Waals surface area contributed by atoms with E-state index in [1.807, 2.05) is 12.1 Å². The molecule has 0 amide bonds. The van der Waals surface area contributed by atoms with Crippen molar-refractivity contribution in [2.45, 2.75) is 12.5 Å². The van der Waals surface area contributed by atoms with E-state index >= 15 is 0 Å². The third-order valence-electron chi connectivity index (χ3n) is 3.61.